The second kappa shape index (κ2) is 9.03. The molecule has 1 N–H and O–H groups in total. The minimum atomic E-state index is -0.526. The van der Waals surface area contributed by atoms with Gasteiger partial charge >= 0.3 is 0 Å². The topological polar surface area (TPSA) is 35.9 Å². The van der Waals surface area contributed by atoms with Crippen LogP contribution in [-0.4, -0.2) is 62.3 Å². The van der Waals surface area contributed by atoms with Gasteiger partial charge in [-0.25, -0.2) is 0 Å². The zero-order chi connectivity index (χ0) is 15.8. The average Bonchev–Trinajstić information content (AvgIpc) is 2.44. The number of rotatable bonds is 9. The number of likely N-dealkylation sites (N-methyl/N-ethyl adjacent to an activating group) is 1. The van der Waals surface area contributed by atoms with Crippen LogP contribution in [0.3, 0.4) is 0 Å². The Morgan fingerprint density at radius 2 is 1.76 bits per heavy atom. The summed E-state index contributed by atoms with van der Waals surface area (Å²) in [4.78, 5) is 4.49. The summed E-state index contributed by atoms with van der Waals surface area (Å²) in [6.45, 7) is 7.98. The van der Waals surface area contributed by atoms with Gasteiger partial charge in [-0.05, 0) is 26.1 Å². The smallest absolute Gasteiger partial charge is 0.124 e. The van der Waals surface area contributed by atoms with Crippen molar-refractivity contribution in [1.29, 1.82) is 0 Å². The zero-order valence-electron chi connectivity index (χ0n) is 14.0. The fourth-order valence-corrected chi connectivity index (χ4v) is 2.40. The molecule has 0 amide bonds. The van der Waals surface area contributed by atoms with Crippen LogP contribution in [0.25, 0.3) is 0 Å². The Balaban J connectivity index is 2.71. The van der Waals surface area contributed by atoms with Gasteiger partial charge in [0, 0.05) is 31.7 Å². The van der Waals surface area contributed by atoms with Crippen molar-refractivity contribution in [3.05, 3.63) is 29.8 Å². The van der Waals surface area contributed by atoms with Gasteiger partial charge in [-0.1, -0.05) is 32.0 Å². The van der Waals surface area contributed by atoms with E-state index in [1.807, 2.05) is 24.3 Å². The van der Waals surface area contributed by atoms with Crippen LogP contribution in [0, 0.1) is 5.92 Å². The third-order valence-corrected chi connectivity index (χ3v) is 3.42. The lowest BCUT2D eigenvalue weighted by molar-refractivity contribution is 0.0993. The molecule has 0 spiro atoms. The second-order valence-corrected chi connectivity index (χ2v) is 6.21. The van der Waals surface area contributed by atoms with Gasteiger partial charge in [-0.3, -0.25) is 4.90 Å². The first kappa shape index (κ1) is 18.0. The predicted octanol–water partition coefficient (Wildman–Crippen LogP) is 2.25. The molecule has 0 bridgehead atoms. The van der Waals surface area contributed by atoms with E-state index >= 15 is 0 Å². The van der Waals surface area contributed by atoms with Crippen molar-refractivity contribution in [2.24, 2.45) is 5.92 Å². The molecule has 4 heteroatoms. The third kappa shape index (κ3) is 6.46. The van der Waals surface area contributed by atoms with Gasteiger partial charge in [0.2, 0.25) is 0 Å². The molecule has 0 aliphatic heterocycles. The number of aliphatic hydroxyl groups is 1. The minimum Gasteiger partial charge on any atom is -0.496 e. The SMILES string of the molecule is COc1ccccc1C(O)CN(CCN(C)C)CC(C)C. The monoisotopic (exact) mass is 294 g/mol. The number of nitrogens with zero attached hydrogens (tertiary/aromatic N) is 2. The largest absolute Gasteiger partial charge is 0.496 e. The van der Waals surface area contributed by atoms with Gasteiger partial charge in [0.15, 0.2) is 0 Å². The van der Waals surface area contributed by atoms with Crippen LogP contribution in [0.1, 0.15) is 25.5 Å². The summed E-state index contributed by atoms with van der Waals surface area (Å²) in [5.74, 6) is 1.33. The fraction of sp³-hybridized carbons (Fsp3) is 0.647. The molecule has 0 aromatic heterocycles. The molecule has 1 aromatic carbocycles. The standard InChI is InChI=1S/C17H30N2O2/c1-14(2)12-19(11-10-18(3)4)13-16(20)15-8-6-7-9-17(15)21-5/h6-9,14,16,20H,10-13H2,1-5H3. The normalized spacial score (nSPS) is 13.2. The average molecular weight is 294 g/mol. The lowest BCUT2D eigenvalue weighted by atomic mass is 10.1. The summed E-state index contributed by atoms with van der Waals surface area (Å²) < 4.78 is 5.34. The van der Waals surface area contributed by atoms with Crippen molar-refractivity contribution >= 4 is 0 Å². The minimum absolute atomic E-state index is 0.526. The van der Waals surface area contributed by atoms with E-state index in [0.717, 1.165) is 30.9 Å². The van der Waals surface area contributed by atoms with Gasteiger partial charge in [-0.2, -0.15) is 0 Å². The number of hydrogen-bond acceptors (Lipinski definition) is 4. The summed E-state index contributed by atoms with van der Waals surface area (Å²) in [6.07, 6.45) is -0.526. The molecule has 0 radical (unpaired) electrons. The molecule has 0 aliphatic carbocycles. The maximum atomic E-state index is 10.5. The first-order valence-corrected chi connectivity index (χ1v) is 7.62. The molecular formula is C17H30N2O2. The first-order valence-electron chi connectivity index (χ1n) is 7.62. The Labute approximate surface area is 129 Å². The van der Waals surface area contributed by atoms with E-state index in [0.29, 0.717) is 12.5 Å². The molecule has 1 rings (SSSR count). The zero-order valence-corrected chi connectivity index (χ0v) is 14.0. The molecule has 4 nitrogen and oxygen atoms in total. The summed E-state index contributed by atoms with van der Waals surface area (Å²) in [5, 5.41) is 10.5. The van der Waals surface area contributed by atoms with E-state index in [1.165, 1.54) is 0 Å². The van der Waals surface area contributed by atoms with Crippen molar-refractivity contribution in [1.82, 2.24) is 9.80 Å². The van der Waals surface area contributed by atoms with Crippen LogP contribution in [0.4, 0.5) is 0 Å². The van der Waals surface area contributed by atoms with Crippen LogP contribution >= 0.6 is 0 Å². The Kier molecular flexibility index (Phi) is 7.72. The van der Waals surface area contributed by atoms with Gasteiger partial charge in [-0.15, -0.1) is 0 Å². The van der Waals surface area contributed by atoms with Crippen molar-refractivity contribution < 1.29 is 9.84 Å². The highest BCUT2D eigenvalue weighted by Gasteiger charge is 2.17. The number of aliphatic hydroxyl groups excluding tert-OH is 1. The third-order valence-electron chi connectivity index (χ3n) is 3.42. The van der Waals surface area contributed by atoms with Crippen LogP contribution in [0.15, 0.2) is 24.3 Å². The number of hydrogen-bond donors (Lipinski definition) is 1. The van der Waals surface area contributed by atoms with Crippen molar-refractivity contribution in [3.8, 4) is 5.75 Å². The molecule has 1 aromatic rings. The van der Waals surface area contributed by atoms with Crippen LogP contribution in [0.5, 0.6) is 5.75 Å². The van der Waals surface area contributed by atoms with Gasteiger partial charge in [0.25, 0.3) is 0 Å². The maximum absolute atomic E-state index is 10.5. The van der Waals surface area contributed by atoms with Crippen LogP contribution in [-0.2, 0) is 0 Å². The molecule has 1 atom stereocenters. The molecule has 0 fully saturated rings. The Morgan fingerprint density at radius 1 is 1.10 bits per heavy atom. The van der Waals surface area contributed by atoms with Crippen molar-refractivity contribution in [2.45, 2.75) is 20.0 Å². The quantitative estimate of drug-likeness (QED) is 0.758. The molecule has 0 saturated heterocycles. The van der Waals surface area contributed by atoms with Gasteiger partial charge in [0.05, 0.1) is 13.2 Å². The Bertz CT molecular complexity index is 408. The molecule has 0 aliphatic rings. The molecule has 1 unspecified atom stereocenters. The Hall–Kier alpha value is -1.10. The predicted molar refractivity (Wildman–Crippen MR) is 87.8 cm³/mol. The number of ether oxygens (including phenoxy) is 1. The van der Waals surface area contributed by atoms with E-state index in [-0.39, 0.29) is 0 Å². The highest BCUT2D eigenvalue weighted by molar-refractivity contribution is 5.35. The highest BCUT2D eigenvalue weighted by Crippen LogP contribution is 2.25. The number of para-hydroxylation sites is 1. The molecule has 0 heterocycles. The lowest BCUT2D eigenvalue weighted by Crippen LogP contribution is -2.37. The number of methoxy groups -OCH3 is 1. The van der Waals surface area contributed by atoms with Crippen molar-refractivity contribution in [2.75, 3.05) is 47.4 Å². The fourth-order valence-electron chi connectivity index (χ4n) is 2.40. The second-order valence-electron chi connectivity index (χ2n) is 6.21. The molecular weight excluding hydrogens is 264 g/mol. The maximum Gasteiger partial charge on any atom is 0.124 e. The first-order chi connectivity index (χ1) is 9.93. The lowest BCUT2D eigenvalue weighted by Gasteiger charge is -2.28. The molecule has 120 valence electrons. The molecule has 0 saturated carbocycles. The van der Waals surface area contributed by atoms with Gasteiger partial charge in [0.1, 0.15) is 5.75 Å². The number of benzene rings is 1. The molecule has 21 heavy (non-hydrogen) atoms. The van der Waals surface area contributed by atoms with E-state index in [2.05, 4.69) is 37.7 Å². The van der Waals surface area contributed by atoms with E-state index in [1.54, 1.807) is 7.11 Å². The van der Waals surface area contributed by atoms with Crippen LogP contribution < -0.4 is 4.74 Å². The summed E-state index contributed by atoms with van der Waals surface area (Å²) in [6, 6.07) is 7.69. The summed E-state index contributed by atoms with van der Waals surface area (Å²) in [7, 11) is 5.79. The Morgan fingerprint density at radius 3 is 2.33 bits per heavy atom. The van der Waals surface area contributed by atoms with Crippen molar-refractivity contribution in [3.63, 3.8) is 0 Å². The van der Waals surface area contributed by atoms with E-state index < -0.39 is 6.10 Å². The van der Waals surface area contributed by atoms with E-state index in [9.17, 15) is 5.11 Å². The highest BCUT2D eigenvalue weighted by atomic mass is 16.5. The van der Waals surface area contributed by atoms with Crippen LogP contribution in [0.2, 0.25) is 0 Å². The van der Waals surface area contributed by atoms with E-state index in [4.69, 9.17) is 4.74 Å². The summed E-state index contributed by atoms with van der Waals surface area (Å²) >= 11 is 0. The van der Waals surface area contributed by atoms with Gasteiger partial charge < -0.3 is 14.7 Å². The summed E-state index contributed by atoms with van der Waals surface area (Å²) in [5.41, 5.74) is 0.860.